The van der Waals surface area contributed by atoms with E-state index in [4.69, 9.17) is 5.73 Å². The number of amides is 1. The van der Waals surface area contributed by atoms with Gasteiger partial charge in [-0.2, -0.15) is 5.10 Å². The first-order valence-electron chi connectivity index (χ1n) is 7.32. The second-order valence-corrected chi connectivity index (χ2v) is 5.14. The normalized spacial score (nSPS) is 12.1. The number of unbranched alkanes of at least 4 members (excludes halogenated alkanes) is 1. The van der Waals surface area contributed by atoms with Crippen LogP contribution in [0.2, 0.25) is 0 Å². The molecule has 0 saturated carbocycles. The van der Waals surface area contributed by atoms with Crippen LogP contribution < -0.4 is 11.1 Å². The van der Waals surface area contributed by atoms with Crippen molar-refractivity contribution in [2.45, 2.75) is 38.8 Å². The van der Waals surface area contributed by atoms with Crippen LogP contribution in [0.15, 0.2) is 42.7 Å². The van der Waals surface area contributed by atoms with Crippen molar-refractivity contribution in [1.82, 2.24) is 9.78 Å². The molecule has 0 saturated heterocycles. The van der Waals surface area contributed by atoms with Gasteiger partial charge >= 0.3 is 0 Å². The van der Waals surface area contributed by atoms with Crippen LogP contribution in [0.1, 0.15) is 31.7 Å². The lowest BCUT2D eigenvalue weighted by Crippen LogP contribution is -2.35. The van der Waals surface area contributed by atoms with Gasteiger partial charge in [-0.05, 0) is 30.2 Å². The maximum absolute atomic E-state index is 11.9. The van der Waals surface area contributed by atoms with Gasteiger partial charge in [0.1, 0.15) is 0 Å². The Hall–Kier alpha value is -2.14. The summed E-state index contributed by atoms with van der Waals surface area (Å²) in [6.07, 6.45) is 6.41. The maximum atomic E-state index is 11.9. The molecule has 5 nitrogen and oxygen atoms in total. The molecule has 1 atom stereocenters. The predicted molar refractivity (Wildman–Crippen MR) is 83.9 cm³/mol. The molecule has 2 rings (SSSR count). The second-order valence-electron chi connectivity index (χ2n) is 5.14. The van der Waals surface area contributed by atoms with Gasteiger partial charge in [-0.1, -0.05) is 31.9 Å². The number of anilines is 1. The molecule has 0 radical (unpaired) electrons. The Kier molecular flexibility index (Phi) is 5.51. The first kappa shape index (κ1) is 15.3. The zero-order chi connectivity index (χ0) is 15.1. The zero-order valence-corrected chi connectivity index (χ0v) is 12.3. The summed E-state index contributed by atoms with van der Waals surface area (Å²) in [5, 5.41) is 7.01. The van der Waals surface area contributed by atoms with Crippen LogP contribution >= 0.6 is 0 Å². The molecule has 21 heavy (non-hydrogen) atoms. The van der Waals surface area contributed by atoms with Crippen molar-refractivity contribution >= 4 is 11.6 Å². The molecule has 0 fully saturated rings. The number of carbonyl (C=O) groups is 1. The molecule has 1 unspecified atom stereocenters. The minimum atomic E-state index is -0.436. The van der Waals surface area contributed by atoms with E-state index < -0.39 is 6.04 Å². The number of rotatable bonds is 7. The Morgan fingerprint density at radius 3 is 2.76 bits per heavy atom. The van der Waals surface area contributed by atoms with Gasteiger partial charge in [0.05, 0.1) is 12.6 Å². The van der Waals surface area contributed by atoms with Gasteiger partial charge < -0.3 is 11.1 Å². The number of hydrogen-bond donors (Lipinski definition) is 2. The van der Waals surface area contributed by atoms with Crippen molar-refractivity contribution in [2.24, 2.45) is 5.73 Å². The Morgan fingerprint density at radius 2 is 2.14 bits per heavy atom. The molecule has 0 spiro atoms. The van der Waals surface area contributed by atoms with Crippen LogP contribution in [0.4, 0.5) is 5.69 Å². The Labute approximate surface area is 125 Å². The van der Waals surface area contributed by atoms with Crippen molar-refractivity contribution in [3.63, 3.8) is 0 Å². The van der Waals surface area contributed by atoms with Crippen molar-refractivity contribution in [1.29, 1.82) is 0 Å². The van der Waals surface area contributed by atoms with Crippen LogP contribution in [0, 0.1) is 0 Å². The molecule has 0 bridgehead atoms. The van der Waals surface area contributed by atoms with E-state index in [0.29, 0.717) is 0 Å². The molecule has 2 aromatic rings. The smallest absolute Gasteiger partial charge is 0.241 e. The van der Waals surface area contributed by atoms with E-state index in [1.165, 1.54) is 0 Å². The third kappa shape index (κ3) is 4.72. The number of nitrogens with zero attached hydrogens (tertiary/aromatic N) is 2. The largest absolute Gasteiger partial charge is 0.325 e. The van der Waals surface area contributed by atoms with E-state index in [9.17, 15) is 4.79 Å². The highest BCUT2D eigenvalue weighted by atomic mass is 16.2. The highest BCUT2D eigenvalue weighted by molar-refractivity contribution is 5.94. The first-order chi connectivity index (χ1) is 10.2. The standard InChI is InChI=1S/C16H22N4O/c1-2-3-5-15(17)16(21)19-14-8-6-13(7-9-14)12-20-11-4-10-18-20/h4,6-11,15H,2-3,5,12,17H2,1H3,(H,19,21). The monoisotopic (exact) mass is 286 g/mol. The topological polar surface area (TPSA) is 72.9 Å². The molecule has 1 heterocycles. The minimum absolute atomic E-state index is 0.122. The summed E-state index contributed by atoms with van der Waals surface area (Å²) in [7, 11) is 0. The summed E-state index contributed by atoms with van der Waals surface area (Å²) in [6, 6.07) is 9.21. The third-order valence-corrected chi connectivity index (χ3v) is 3.33. The Bertz CT molecular complexity index is 548. The molecule has 1 amide bonds. The molecule has 0 aliphatic heterocycles. The number of carbonyl (C=O) groups excluding carboxylic acids is 1. The fourth-order valence-electron chi connectivity index (χ4n) is 2.06. The number of aromatic nitrogens is 2. The number of nitrogens with two attached hydrogens (primary N) is 1. The summed E-state index contributed by atoms with van der Waals surface area (Å²) in [6.45, 7) is 2.81. The van der Waals surface area contributed by atoms with E-state index in [1.54, 1.807) is 6.20 Å². The van der Waals surface area contributed by atoms with E-state index in [2.05, 4.69) is 17.3 Å². The quantitative estimate of drug-likeness (QED) is 0.820. The first-order valence-corrected chi connectivity index (χ1v) is 7.32. The van der Waals surface area contributed by atoms with Gasteiger partial charge in [0.2, 0.25) is 5.91 Å². The fourth-order valence-corrected chi connectivity index (χ4v) is 2.06. The molecule has 1 aromatic heterocycles. The average molecular weight is 286 g/mol. The SMILES string of the molecule is CCCCC(N)C(=O)Nc1ccc(Cn2cccn2)cc1. The molecule has 1 aromatic carbocycles. The van der Waals surface area contributed by atoms with Crippen molar-refractivity contribution in [2.75, 3.05) is 5.32 Å². The number of nitrogens with one attached hydrogen (secondary N) is 1. The van der Waals surface area contributed by atoms with Gasteiger partial charge in [0.15, 0.2) is 0 Å². The third-order valence-electron chi connectivity index (χ3n) is 3.33. The Morgan fingerprint density at radius 1 is 1.38 bits per heavy atom. The second kappa shape index (κ2) is 7.59. The van der Waals surface area contributed by atoms with Crippen LogP contribution in [-0.2, 0) is 11.3 Å². The Balaban J connectivity index is 1.88. The van der Waals surface area contributed by atoms with Crippen molar-refractivity contribution in [3.8, 4) is 0 Å². The summed E-state index contributed by atoms with van der Waals surface area (Å²) >= 11 is 0. The highest BCUT2D eigenvalue weighted by Crippen LogP contribution is 2.11. The minimum Gasteiger partial charge on any atom is -0.325 e. The molecular weight excluding hydrogens is 264 g/mol. The van der Waals surface area contributed by atoms with Gasteiger partial charge in [-0.25, -0.2) is 0 Å². The van der Waals surface area contributed by atoms with Crippen LogP contribution in [0.5, 0.6) is 0 Å². The van der Waals surface area contributed by atoms with Crippen molar-refractivity contribution < 1.29 is 4.79 Å². The molecule has 112 valence electrons. The summed E-state index contributed by atoms with van der Waals surface area (Å²) < 4.78 is 1.86. The fraction of sp³-hybridized carbons (Fsp3) is 0.375. The van der Waals surface area contributed by atoms with Gasteiger partial charge in [0, 0.05) is 18.1 Å². The van der Waals surface area contributed by atoms with Gasteiger partial charge in [-0.3, -0.25) is 9.48 Å². The lowest BCUT2D eigenvalue weighted by Gasteiger charge is -2.12. The van der Waals surface area contributed by atoms with Crippen molar-refractivity contribution in [3.05, 3.63) is 48.3 Å². The molecular formula is C16H22N4O. The van der Waals surface area contributed by atoms with E-state index in [0.717, 1.165) is 37.1 Å². The molecule has 0 aliphatic carbocycles. The maximum Gasteiger partial charge on any atom is 0.241 e. The van der Waals surface area contributed by atoms with Crippen LogP contribution in [0.25, 0.3) is 0 Å². The van der Waals surface area contributed by atoms with Crippen LogP contribution in [0.3, 0.4) is 0 Å². The highest BCUT2D eigenvalue weighted by Gasteiger charge is 2.12. The van der Waals surface area contributed by atoms with Crippen LogP contribution in [-0.4, -0.2) is 21.7 Å². The van der Waals surface area contributed by atoms with Gasteiger partial charge in [0.25, 0.3) is 0 Å². The zero-order valence-electron chi connectivity index (χ0n) is 12.3. The van der Waals surface area contributed by atoms with E-state index in [-0.39, 0.29) is 5.91 Å². The molecule has 5 heteroatoms. The molecule has 3 N–H and O–H groups in total. The van der Waals surface area contributed by atoms with Gasteiger partial charge in [-0.15, -0.1) is 0 Å². The summed E-state index contributed by atoms with van der Waals surface area (Å²) in [5.74, 6) is -0.122. The predicted octanol–water partition coefficient (Wildman–Crippen LogP) is 2.39. The van der Waals surface area contributed by atoms with E-state index in [1.807, 2.05) is 41.2 Å². The number of benzene rings is 1. The number of hydrogen-bond acceptors (Lipinski definition) is 3. The molecule has 0 aliphatic rings. The lowest BCUT2D eigenvalue weighted by molar-refractivity contribution is -0.117. The average Bonchev–Trinajstić information content (AvgIpc) is 2.99. The summed E-state index contributed by atoms with van der Waals surface area (Å²) in [5.41, 5.74) is 7.75. The van der Waals surface area contributed by atoms with E-state index >= 15 is 0 Å². The summed E-state index contributed by atoms with van der Waals surface area (Å²) in [4.78, 5) is 11.9. The lowest BCUT2D eigenvalue weighted by atomic mass is 10.1.